The monoisotopic (exact) mass is 282 g/mol. The van der Waals surface area contributed by atoms with Gasteiger partial charge in [-0.25, -0.2) is 4.98 Å². The molecule has 0 bridgehead atoms. The van der Waals surface area contributed by atoms with Crippen LogP contribution in [0.4, 0.5) is 0 Å². The zero-order valence-electron chi connectivity index (χ0n) is 11.7. The van der Waals surface area contributed by atoms with Gasteiger partial charge in [0, 0.05) is 6.20 Å². The fourth-order valence-electron chi connectivity index (χ4n) is 1.72. The first kappa shape index (κ1) is 16.0. The topological polar surface area (TPSA) is 62.2 Å². The maximum absolute atomic E-state index is 12.0. The third-order valence-corrected chi connectivity index (χ3v) is 3.68. The summed E-state index contributed by atoms with van der Waals surface area (Å²) in [6.45, 7) is 5.96. The maximum atomic E-state index is 12.0. The highest BCUT2D eigenvalue weighted by Gasteiger charge is 2.19. The molecule has 0 fully saturated rings. The Kier molecular flexibility index (Phi) is 6.87. The molecule has 1 rings (SSSR count). The molecular formula is C14H22N2O2S. The van der Waals surface area contributed by atoms with E-state index in [1.165, 1.54) is 11.8 Å². The van der Waals surface area contributed by atoms with Crippen molar-refractivity contribution in [3.05, 3.63) is 24.4 Å². The fraction of sp³-hybridized carbons (Fsp3) is 0.571. The molecule has 0 aromatic carbocycles. The van der Waals surface area contributed by atoms with Crippen LogP contribution in [0.3, 0.4) is 0 Å². The summed E-state index contributed by atoms with van der Waals surface area (Å²) in [7, 11) is 0. The van der Waals surface area contributed by atoms with E-state index in [0.29, 0.717) is 5.92 Å². The minimum atomic E-state index is -0.226. The second kappa shape index (κ2) is 8.17. The first-order chi connectivity index (χ1) is 9.02. The molecule has 2 atom stereocenters. The Labute approximate surface area is 119 Å². The average molecular weight is 282 g/mol. The van der Waals surface area contributed by atoms with Crippen LogP contribution in [0.25, 0.3) is 0 Å². The summed E-state index contributed by atoms with van der Waals surface area (Å²) in [6.07, 6.45) is 2.49. The standard InChI is InChI=1S/C14H22N2O2S/c1-10(2)8-12(9-17)16-14(18)11(3)19-13-6-4-5-7-15-13/h4-7,10-12,17H,8-9H2,1-3H3,(H,16,18). The molecule has 1 heterocycles. The van der Waals surface area contributed by atoms with E-state index < -0.39 is 0 Å². The van der Waals surface area contributed by atoms with Gasteiger partial charge in [-0.2, -0.15) is 0 Å². The van der Waals surface area contributed by atoms with Crippen molar-refractivity contribution >= 4 is 17.7 Å². The number of carbonyl (C=O) groups excluding carboxylic acids is 1. The Morgan fingerprint density at radius 1 is 1.42 bits per heavy atom. The Morgan fingerprint density at radius 3 is 2.68 bits per heavy atom. The zero-order valence-corrected chi connectivity index (χ0v) is 12.5. The van der Waals surface area contributed by atoms with Gasteiger partial charge in [-0.05, 0) is 31.4 Å². The van der Waals surface area contributed by atoms with Crippen molar-refractivity contribution in [2.45, 2.75) is 43.5 Å². The molecule has 1 aromatic rings. The van der Waals surface area contributed by atoms with Gasteiger partial charge in [0.15, 0.2) is 0 Å². The largest absolute Gasteiger partial charge is 0.394 e. The third-order valence-electron chi connectivity index (χ3n) is 2.63. The van der Waals surface area contributed by atoms with Crippen molar-refractivity contribution in [2.24, 2.45) is 5.92 Å². The van der Waals surface area contributed by atoms with E-state index in [-0.39, 0.29) is 23.8 Å². The molecule has 0 aliphatic heterocycles. The number of hydrogen-bond acceptors (Lipinski definition) is 4. The maximum Gasteiger partial charge on any atom is 0.233 e. The first-order valence-corrected chi connectivity index (χ1v) is 7.39. The van der Waals surface area contributed by atoms with Gasteiger partial charge in [-0.1, -0.05) is 31.7 Å². The lowest BCUT2D eigenvalue weighted by Crippen LogP contribution is -2.42. The first-order valence-electron chi connectivity index (χ1n) is 6.51. The summed E-state index contributed by atoms with van der Waals surface area (Å²) in [6, 6.07) is 5.46. The molecule has 0 radical (unpaired) electrons. The van der Waals surface area contributed by atoms with Crippen LogP contribution in [0.15, 0.2) is 29.4 Å². The number of aromatic nitrogens is 1. The summed E-state index contributed by atoms with van der Waals surface area (Å²) in [4.78, 5) is 16.2. The predicted molar refractivity (Wildman–Crippen MR) is 78.0 cm³/mol. The predicted octanol–water partition coefficient (Wildman–Crippen LogP) is 2.09. The van der Waals surface area contributed by atoms with E-state index in [9.17, 15) is 9.90 Å². The molecule has 106 valence electrons. The van der Waals surface area contributed by atoms with Crippen LogP contribution in [0.5, 0.6) is 0 Å². The van der Waals surface area contributed by atoms with Gasteiger partial charge in [-0.3, -0.25) is 4.79 Å². The molecule has 0 aliphatic carbocycles. The molecule has 2 unspecified atom stereocenters. The van der Waals surface area contributed by atoms with Crippen molar-refractivity contribution in [1.82, 2.24) is 10.3 Å². The number of nitrogens with one attached hydrogen (secondary N) is 1. The highest BCUT2D eigenvalue weighted by atomic mass is 32.2. The van der Waals surface area contributed by atoms with Gasteiger partial charge < -0.3 is 10.4 Å². The second-order valence-corrected chi connectivity index (χ2v) is 6.31. The van der Waals surface area contributed by atoms with Crippen molar-refractivity contribution in [1.29, 1.82) is 0 Å². The summed E-state index contributed by atoms with van der Waals surface area (Å²) < 4.78 is 0. The summed E-state index contributed by atoms with van der Waals surface area (Å²) in [5.74, 6) is 0.381. The summed E-state index contributed by atoms with van der Waals surface area (Å²) >= 11 is 1.42. The zero-order chi connectivity index (χ0) is 14.3. The van der Waals surface area contributed by atoms with Crippen LogP contribution in [0.2, 0.25) is 0 Å². The van der Waals surface area contributed by atoms with Gasteiger partial charge in [0.05, 0.1) is 22.9 Å². The number of aliphatic hydroxyl groups is 1. The third kappa shape index (κ3) is 6.07. The van der Waals surface area contributed by atoms with Gasteiger partial charge in [0.1, 0.15) is 0 Å². The fourth-order valence-corrected chi connectivity index (χ4v) is 2.53. The number of hydrogen-bond donors (Lipinski definition) is 2. The molecule has 0 aliphatic rings. The molecule has 0 saturated heterocycles. The van der Waals surface area contributed by atoms with E-state index >= 15 is 0 Å². The van der Waals surface area contributed by atoms with Gasteiger partial charge in [-0.15, -0.1) is 0 Å². The molecule has 0 saturated carbocycles. The number of nitrogens with zero attached hydrogens (tertiary/aromatic N) is 1. The average Bonchev–Trinajstić information content (AvgIpc) is 2.38. The summed E-state index contributed by atoms with van der Waals surface area (Å²) in [5.41, 5.74) is 0. The van der Waals surface area contributed by atoms with Gasteiger partial charge in [0.25, 0.3) is 0 Å². The van der Waals surface area contributed by atoms with Crippen LogP contribution < -0.4 is 5.32 Å². The molecule has 2 N–H and O–H groups in total. The van der Waals surface area contributed by atoms with E-state index in [4.69, 9.17) is 0 Å². The molecule has 1 aromatic heterocycles. The quantitative estimate of drug-likeness (QED) is 0.752. The molecule has 1 amide bonds. The van der Waals surface area contributed by atoms with Crippen molar-refractivity contribution in [3.63, 3.8) is 0 Å². The Bertz CT molecular complexity index is 384. The molecule has 19 heavy (non-hydrogen) atoms. The number of aliphatic hydroxyl groups excluding tert-OH is 1. The number of rotatable bonds is 7. The number of thioether (sulfide) groups is 1. The van der Waals surface area contributed by atoms with Crippen molar-refractivity contribution in [2.75, 3.05) is 6.61 Å². The van der Waals surface area contributed by atoms with E-state index in [0.717, 1.165) is 11.4 Å². The second-order valence-electron chi connectivity index (χ2n) is 4.95. The Hall–Kier alpha value is -1.07. The number of pyridine rings is 1. The number of carbonyl (C=O) groups is 1. The lowest BCUT2D eigenvalue weighted by Gasteiger charge is -2.20. The SMILES string of the molecule is CC(C)CC(CO)NC(=O)C(C)Sc1ccccn1. The molecule has 5 heteroatoms. The van der Waals surface area contributed by atoms with Gasteiger partial charge >= 0.3 is 0 Å². The normalized spacial score (nSPS) is 14.2. The highest BCUT2D eigenvalue weighted by Crippen LogP contribution is 2.20. The molecule has 4 nitrogen and oxygen atoms in total. The minimum absolute atomic E-state index is 0.0229. The minimum Gasteiger partial charge on any atom is -0.394 e. The lowest BCUT2D eigenvalue weighted by atomic mass is 10.0. The van der Waals surface area contributed by atoms with E-state index in [2.05, 4.69) is 24.1 Å². The van der Waals surface area contributed by atoms with Crippen LogP contribution in [0, 0.1) is 5.92 Å². The molecular weight excluding hydrogens is 260 g/mol. The van der Waals surface area contributed by atoms with Crippen LogP contribution in [-0.4, -0.2) is 33.9 Å². The smallest absolute Gasteiger partial charge is 0.233 e. The van der Waals surface area contributed by atoms with Crippen LogP contribution in [0.1, 0.15) is 27.2 Å². The molecule has 0 spiro atoms. The van der Waals surface area contributed by atoms with Crippen molar-refractivity contribution < 1.29 is 9.90 Å². The Morgan fingerprint density at radius 2 is 2.16 bits per heavy atom. The van der Waals surface area contributed by atoms with Crippen molar-refractivity contribution in [3.8, 4) is 0 Å². The number of amides is 1. The lowest BCUT2D eigenvalue weighted by molar-refractivity contribution is -0.121. The van der Waals surface area contributed by atoms with Gasteiger partial charge in [0.2, 0.25) is 5.91 Å². The van der Waals surface area contributed by atoms with Crippen LogP contribution >= 0.6 is 11.8 Å². The summed E-state index contributed by atoms with van der Waals surface area (Å²) in [5, 5.41) is 12.7. The highest BCUT2D eigenvalue weighted by molar-refractivity contribution is 8.00. The van der Waals surface area contributed by atoms with E-state index in [1.807, 2.05) is 25.1 Å². The van der Waals surface area contributed by atoms with E-state index in [1.54, 1.807) is 6.20 Å². The van der Waals surface area contributed by atoms with Crippen LogP contribution in [-0.2, 0) is 4.79 Å². The Balaban J connectivity index is 2.48.